The second kappa shape index (κ2) is 8.74. The quantitative estimate of drug-likeness (QED) is 0.374. The minimum absolute atomic E-state index is 0.0479. The highest BCUT2D eigenvalue weighted by Gasteiger charge is 2.40. The zero-order valence-corrected chi connectivity index (χ0v) is 16.5. The largest absolute Gasteiger partial charge is 0.545 e. The fraction of sp³-hybridized carbons (Fsp3) is 0.190. The van der Waals surface area contributed by atoms with Gasteiger partial charge in [0.05, 0.1) is 11.7 Å². The summed E-state index contributed by atoms with van der Waals surface area (Å²) in [6.45, 7) is 2.36. The topological polar surface area (TPSA) is 104 Å². The fourth-order valence-corrected chi connectivity index (χ4v) is 3.21. The number of hydrogen-bond donors (Lipinski definition) is 2. The van der Waals surface area contributed by atoms with Crippen LogP contribution in [0.15, 0.2) is 48.5 Å². The van der Waals surface area contributed by atoms with Crippen molar-refractivity contribution in [1.29, 1.82) is 0 Å². The van der Waals surface area contributed by atoms with Gasteiger partial charge < -0.3 is 15.2 Å². The number of hydrogen-bond acceptors (Lipinski definition) is 5. The van der Waals surface area contributed by atoms with Gasteiger partial charge in [-0.3, -0.25) is 14.5 Å². The summed E-state index contributed by atoms with van der Waals surface area (Å²) in [7, 11) is 0. The second-order valence-corrected chi connectivity index (χ2v) is 6.88. The molecule has 0 aromatic heterocycles. The van der Waals surface area contributed by atoms with Gasteiger partial charge in [0, 0.05) is 5.56 Å². The predicted octanol–water partition coefficient (Wildman–Crippen LogP) is -0.672. The van der Waals surface area contributed by atoms with E-state index in [1.165, 1.54) is 23.2 Å². The van der Waals surface area contributed by atoms with E-state index >= 15 is 0 Å². The predicted molar refractivity (Wildman–Crippen MR) is 109 cm³/mol. The lowest BCUT2D eigenvalue weighted by atomic mass is 10.1. The summed E-state index contributed by atoms with van der Waals surface area (Å²) < 4.78 is 0. The van der Waals surface area contributed by atoms with Gasteiger partial charge in [0.1, 0.15) is 0 Å². The van der Waals surface area contributed by atoms with E-state index in [4.69, 9.17) is 12.2 Å². The number of carbonyl (C=O) groups is 3. The smallest absolute Gasteiger partial charge is 0.256 e. The number of aryl methyl sites for hydroxylation is 1. The first-order valence-electron chi connectivity index (χ1n) is 9.05. The average Bonchev–Trinajstić information content (AvgIpc) is 2.71. The van der Waals surface area contributed by atoms with Crippen LogP contribution in [0.5, 0.6) is 0 Å². The third kappa shape index (κ3) is 4.55. The van der Waals surface area contributed by atoms with Gasteiger partial charge in [-0.25, -0.2) is 4.99 Å². The van der Waals surface area contributed by atoms with Crippen LogP contribution in [-0.4, -0.2) is 29.1 Å². The van der Waals surface area contributed by atoms with Crippen molar-refractivity contribution in [2.75, 3.05) is 4.90 Å². The Bertz CT molecular complexity index is 984. The number of nitrogens with zero attached hydrogens (tertiary/aromatic N) is 1. The fourth-order valence-electron chi connectivity index (χ4n) is 2.92. The van der Waals surface area contributed by atoms with Gasteiger partial charge in [0.25, 0.3) is 5.91 Å². The molecule has 148 valence electrons. The van der Waals surface area contributed by atoms with E-state index in [2.05, 4.69) is 10.3 Å². The molecule has 0 spiro atoms. The summed E-state index contributed by atoms with van der Waals surface area (Å²) in [6, 6.07) is 13.5. The van der Waals surface area contributed by atoms with Crippen LogP contribution in [0.25, 0.3) is 0 Å². The molecule has 1 fully saturated rings. The molecule has 2 aromatic rings. The first kappa shape index (κ1) is 20.3. The van der Waals surface area contributed by atoms with Gasteiger partial charge in [-0.1, -0.05) is 43.3 Å². The standard InChI is InChI=1S/C21H19N3O4S/c1-2-13-5-9-16(10-6-13)24-19(26)17(18(25)23-21(24)29)12-22-11-14-3-7-15(8-4-14)20(27)28/h3-10,12,17H,2,11H2,1H3,(H,27,28)(H,23,25,29)/t17-/m1/s1. The Morgan fingerprint density at radius 1 is 1.14 bits per heavy atom. The van der Waals surface area contributed by atoms with Crippen LogP contribution in [0.4, 0.5) is 5.69 Å². The van der Waals surface area contributed by atoms with Crippen molar-refractivity contribution < 1.29 is 24.5 Å². The van der Waals surface area contributed by atoms with Crippen molar-refractivity contribution in [3.8, 4) is 0 Å². The van der Waals surface area contributed by atoms with Crippen molar-refractivity contribution >= 4 is 47.0 Å². The maximum Gasteiger partial charge on any atom is 0.256 e. The number of nitrogens with one attached hydrogen (secondary N) is 2. The zero-order valence-electron chi connectivity index (χ0n) is 15.7. The molecule has 1 heterocycles. The molecule has 0 aliphatic carbocycles. The van der Waals surface area contributed by atoms with Crippen LogP contribution in [0.1, 0.15) is 28.4 Å². The Labute approximate surface area is 173 Å². The van der Waals surface area contributed by atoms with Gasteiger partial charge >= 0.3 is 0 Å². The molecule has 2 aromatic carbocycles. The second-order valence-electron chi connectivity index (χ2n) is 6.50. The Kier molecular flexibility index (Phi) is 6.13. The molecule has 1 saturated heterocycles. The highest BCUT2D eigenvalue weighted by atomic mass is 32.1. The van der Waals surface area contributed by atoms with Crippen LogP contribution in [0.2, 0.25) is 0 Å². The Hall–Kier alpha value is -3.39. The molecule has 8 heteroatoms. The minimum Gasteiger partial charge on any atom is -0.545 e. The van der Waals surface area contributed by atoms with Crippen LogP contribution < -0.4 is 20.3 Å². The number of carbonyl (C=O) groups excluding carboxylic acids is 3. The van der Waals surface area contributed by atoms with Crippen molar-refractivity contribution in [3.05, 3.63) is 65.2 Å². The highest BCUT2D eigenvalue weighted by Crippen LogP contribution is 2.20. The van der Waals surface area contributed by atoms with Gasteiger partial charge in [0.2, 0.25) is 5.91 Å². The molecular weight excluding hydrogens is 390 g/mol. The molecule has 7 nitrogen and oxygen atoms in total. The van der Waals surface area contributed by atoms with E-state index in [1.54, 1.807) is 24.3 Å². The molecule has 0 radical (unpaired) electrons. The summed E-state index contributed by atoms with van der Waals surface area (Å²) in [5, 5.41) is 13.4. The molecule has 2 N–H and O–H groups in total. The summed E-state index contributed by atoms with van der Waals surface area (Å²) in [4.78, 5) is 40.2. The molecule has 0 unspecified atom stereocenters. The molecule has 0 saturated carbocycles. The lowest BCUT2D eigenvalue weighted by Gasteiger charge is -2.30. The number of carboxylic acid groups (broad SMARTS) is 1. The SMILES string of the molecule is CCc1ccc(N2C(=O)[C@H](C=[NH+]Cc3ccc(C(=O)[O-])cc3)C(=O)NC2=S)cc1. The minimum atomic E-state index is -1.25. The van der Waals surface area contributed by atoms with Crippen molar-refractivity contribution in [2.24, 2.45) is 5.92 Å². The molecule has 1 aliphatic heterocycles. The third-order valence-electron chi connectivity index (χ3n) is 4.59. The molecule has 1 aliphatic rings. The summed E-state index contributed by atoms with van der Waals surface area (Å²) in [5.74, 6) is -3.23. The first-order valence-corrected chi connectivity index (χ1v) is 9.46. The van der Waals surface area contributed by atoms with Crippen LogP contribution in [0.3, 0.4) is 0 Å². The molecule has 0 bridgehead atoms. The van der Waals surface area contributed by atoms with E-state index in [-0.39, 0.29) is 10.7 Å². The van der Waals surface area contributed by atoms with Crippen LogP contribution >= 0.6 is 12.2 Å². The van der Waals surface area contributed by atoms with E-state index in [1.807, 2.05) is 19.1 Å². The van der Waals surface area contributed by atoms with Crippen molar-refractivity contribution in [3.63, 3.8) is 0 Å². The number of amides is 2. The van der Waals surface area contributed by atoms with E-state index in [9.17, 15) is 19.5 Å². The number of rotatable bonds is 6. The van der Waals surface area contributed by atoms with Crippen molar-refractivity contribution in [1.82, 2.24) is 5.32 Å². The molecule has 29 heavy (non-hydrogen) atoms. The van der Waals surface area contributed by atoms with Crippen LogP contribution in [0, 0.1) is 5.92 Å². The zero-order chi connectivity index (χ0) is 21.0. The van der Waals surface area contributed by atoms with Crippen LogP contribution in [-0.2, 0) is 22.6 Å². The number of carboxylic acids is 1. The lowest BCUT2D eigenvalue weighted by molar-refractivity contribution is -0.471. The van der Waals surface area contributed by atoms with E-state index in [0.717, 1.165) is 17.5 Å². The number of thiocarbonyl (C=S) groups is 1. The Balaban J connectivity index is 1.74. The van der Waals surface area contributed by atoms with Gasteiger partial charge in [-0.2, -0.15) is 0 Å². The van der Waals surface area contributed by atoms with Gasteiger partial charge in [-0.15, -0.1) is 0 Å². The Morgan fingerprint density at radius 3 is 2.34 bits per heavy atom. The average molecular weight is 409 g/mol. The summed E-state index contributed by atoms with van der Waals surface area (Å²) in [6.07, 6.45) is 2.29. The summed E-state index contributed by atoms with van der Waals surface area (Å²) in [5.41, 5.74) is 2.59. The van der Waals surface area contributed by atoms with Gasteiger partial charge in [0.15, 0.2) is 23.8 Å². The van der Waals surface area contributed by atoms with E-state index < -0.39 is 23.7 Å². The maximum absolute atomic E-state index is 12.9. The van der Waals surface area contributed by atoms with Gasteiger partial charge in [-0.05, 0) is 41.9 Å². The van der Waals surface area contributed by atoms with Crippen molar-refractivity contribution in [2.45, 2.75) is 19.9 Å². The molecule has 1 atom stereocenters. The molecule has 3 rings (SSSR count). The maximum atomic E-state index is 12.9. The molecular formula is C21H19N3O4S. The Morgan fingerprint density at radius 2 is 1.76 bits per heavy atom. The number of aromatic carboxylic acids is 1. The number of benzene rings is 2. The highest BCUT2D eigenvalue weighted by molar-refractivity contribution is 7.80. The summed E-state index contributed by atoms with van der Waals surface area (Å²) >= 11 is 5.19. The number of anilines is 1. The third-order valence-corrected chi connectivity index (χ3v) is 4.87. The normalized spacial score (nSPS) is 16.9. The monoisotopic (exact) mass is 409 g/mol. The van der Waals surface area contributed by atoms with E-state index in [0.29, 0.717) is 12.2 Å². The molecule has 2 amide bonds. The lowest BCUT2D eigenvalue weighted by Crippen LogP contribution is -2.71. The first-order chi connectivity index (χ1) is 13.9.